The monoisotopic (exact) mass is 546 g/mol. The molecular weight excluding hydrogens is 524 g/mol. The lowest BCUT2D eigenvalue weighted by Gasteiger charge is -2.21. The van der Waals surface area contributed by atoms with Crippen LogP contribution >= 0.6 is 11.3 Å². The lowest BCUT2D eigenvalue weighted by Crippen LogP contribution is -2.37. The number of benzene rings is 1. The average Bonchev–Trinajstić information content (AvgIpc) is 3.52. The summed E-state index contributed by atoms with van der Waals surface area (Å²) in [5.41, 5.74) is 0.174. The SMILES string of the molecule is CCn1c(Oc2ccc(F)cc2)nnc1[C@@H](C)NS(=O)(=O)c1ccc(C2=NN(C)C(C(F)(F)F)C2)s1. The zero-order chi connectivity index (χ0) is 26.3. The lowest BCUT2D eigenvalue weighted by atomic mass is 10.1. The van der Waals surface area contributed by atoms with Crippen molar-refractivity contribution in [2.24, 2.45) is 5.10 Å². The van der Waals surface area contributed by atoms with Gasteiger partial charge >= 0.3 is 12.2 Å². The quantitative estimate of drug-likeness (QED) is 0.423. The van der Waals surface area contributed by atoms with Crippen molar-refractivity contribution in [2.75, 3.05) is 7.05 Å². The highest BCUT2D eigenvalue weighted by Gasteiger charge is 2.46. The van der Waals surface area contributed by atoms with Crippen molar-refractivity contribution in [3.8, 4) is 11.8 Å². The van der Waals surface area contributed by atoms with Crippen LogP contribution in [0, 0.1) is 5.82 Å². The smallest absolute Gasteiger partial charge is 0.410 e. The normalized spacial score (nSPS) is 17.4. The maximum absolute atomic E-state index is 13.1. The molecule has 4 rings (SSSR count). The molecule has 0 saturated heterocycles. The molecule has 1 aliphatic heterocycles. The number of rotatable bonds is 8. The number of alkyl halides is 3. The Morgan fingerprint density at radius 2 is 1.89 bits per heavy atom. The Hall–Kier alpha value is -3.04. The van der Waals surface area contributed by atoms with Crippen LogP contribution in [0.15, 0.2) is 45.7 Å². The molecule has 3 aromatic rings. The number of ether oxygens (including phenoxy) is 1. The molecule has 194 valence electrons. The van der Waals surface area contributed by atoms with Crippen LogP contribution in [0.25, 0.3) is 0 Å². The van der Waals surface area contributed by atoms with E-state index in [1.54, 1.807) is 18.4 Å². The second-order valence-corrected chi connectivity index (χ2v) is 11.0. The number of thiophene rings is 1. The van der Waals surface area contributed by atoms with E-state index < -0.39 is 34.1 Å². The molecule has 1 aliphatic rings. The van der Waals surface area contributed by atoms with Crippen LogP contribution in [-0.2, 0) is 16.6 Å². The van der Waals surface area contributed by atoms with Gasteiger partial charge in [0.05, 0.1) is 16.6 Å². The molecule has 0 saturated carbocycles. The minimum absolute atomic E-state index is 0.0736. The van der Waals surface area contributed by atoms with Crippen molar-refractivity contribution in [3.05, 3.63) is 52.9 Å². The first-order valence-corrected chi connectivity index (χ1v) is 13.0. The van der Waals surface area contributed by atoms with Gasteiger partial charge in [0.15, 0.2) is 5.82 Å². The van der Waals surface area contributed by atoms with E-state index in [2.05, 4.69) is 20.0 Å². The fraction of sp³-hybridized carbons (Fsp3) is 0.381. The molecule has 2 aromatic heterocycles. The van der Waals surface area contributed by atoms with Crippen LogP contribution in [0.5, 0.6) is 11.8 Å². The van der Waals surface area contributed by atoms with E-state index in [1.165, 1.54) is 43.4 Å². The number of hydrogen-bond donors (Lipinski definition) is 1. The van der Waals surface area contributed by atoms with Gasteiger partial charge in [-0.2, -0.15) is 23.0 Å². The zero-order valence-corrected chi connectivity index (χ0v) is 21.0. The molecule has 0 bridgehead atoms. The van der Waals surface area contributed by atoms with Crippen molar-refractivity contribution in [1.29, 1.82) is 0 Å². The molecule has 0 fully saturated rings. The van der Waals surface area contributed by atoms with Crippen LogP contribution in [0.3, 0.4) is 0 Å². The summed E-state index contributed by atoms with van der Waals surface area (Å²) in [5.74, 6) is 0.189. The van der Waals surface area contributed by atoms with Crippen molar-refractivity contribution < 1.29 is 30.7 Å². The summed E-state index contributed by atoms with van der Waals surface area (Å²) in [6.45, 7) is 3.74. The van der Waals surface area contributed by atoms with E-state index >= 15 is 0 Å². The number of aromatic nitrogens is 3. The average molecular weight is 547 g/mol. The largest absolute Gasteiger partial charge is 0.424 e. The van der Waals surface area contributed by atoms with Gasteiger partial charge in [0.25, 0.3) is 10.0 Å². The highest BCUT2D eigenvalue weighted by Crippen LogP contribution is 2.34. The molecule has 3 heterocycles. The Morgan fingerprint density at radius 1 is 1.19 bits per heavy atom. The third kappa shape index (κ3) is 5.37. The summed E-state index contributed by atoms with van der Waals surface area (Å²) in [5, 5.41) is 12.8. The van der Waals surface area contributed by atoms with E-state index in [4.69, 9.17) is 4.74 Å². The number of halogens is 4. The topological polar surface area (TPSA) is 102 Å². The fourth-order valence-electron chi connectivity index (χ4n) is 3.66. The van der Waals surface area contributed by atoms with Crippen molar-refractivity contribution >= 4 is 27.1 Å². The fourth-order valence-corrected chi connectivity index (χ4v) is 6.18. The zero-order valence-electron chi connectivity index (χ0n) is 19.3. The van der Waals surface area contributed by atoms with Gasteiger partial charge in [-0.3, -0.25) is 9.58 Å². The number of nitrogens with zero attached hydrogens (tertiary/aromatic N) is 5. The number of hydrogen-bond acceptors (Lipinski definition) is 8. The first kappa shape index (κ1) is 26.0. The Kier molecular flexibility index (Phi) is 7.07. The predicted molar refractivity (Wildman–Crippen MR) is 124 cm³/mol. The van der Waals surface area contributed by atoms with Crippen molar-refractivity contribution in [1.82, 2.24) is 24.5 Å². The number of hydrazone groups is 1. The van der Waals surface area contributed by atoms with Crippen LogP contribution in [0.2, 0.25) is 0 Å². The molecule has 15 heteroatoms. The van der Waals surface area contributed by atoms with E-state index in [9.17, 15) is 26.0 Å². The summed E-state index contributed by atoms with van der Waals surface area (Å²) in [7, 11) is -2.80. The molecular formula is C21H22F4N6O3S2. The second kappa shape index (κ2) is 9.78. The van der Waals surface area contributed by atoms with Gasteiger partial charge in [-0.1, -0.05) is 5.10 Å². The van der Waals surface area contributed by atoms with Gasteiger partial charge < -0.3 is 4.74 Å². The molecule has 0 spiro atoms. The molecule has 1 unspecified atom stereocenters. The van der Waals surface area contributed by atoms with Gasteiger partial charge in [0.2, 0.25) is 0 Å². The van der Waals surface area contributed by atoms with Crippen LogP contribution < -0.4 is 9.46 Å². The minimum atomic E-state index is -4.45. The summed E-state index contributed by atoms with van der Waals surface area (Å²) in [6, 6.07) is 5.61. The maximum atomic E-state index is 13.1. The Morgan fingerprint density at radius 3 is 2.50 bits per heavy atom. The lowest BCUT2D eigenvalue weighted by molar-refractivity contribution is -0.174. The molecule has 1 aromatic carbocycles. The molecule has 0 aliphatic carbocycles. The Labute approximate surface area is 208 Å². The van der Waals surface area contributed by atoms with Crippen LogP contribution in [0.1, 0.15) is 37.0 Å². The summed E-state index contributed by atoms with van der Waals surface area (Å²) >= 11 is 0.834. The van der Waals surface area contributed by atoms with Crippen molar-refractivity contribution in [3.63, 3.8) is 0 Å². The Bertz CT molecular complexity index is 1370. The third-order valence-electron chi connectivity index (χ3n) is 5.43. The number of nitrogens with one attached hydrogen (secondary N) is 1. The van der Waals surface area contributed by atoms with Crippen LogP contribution in [0.4, 0.5) is 17.6 Å². The summed E-state index contributed by atoms with van der Waals surface area (Å²) < 4.78 is 88.3. The van der Waals surface area contributed by atoms with Gasteiger partial charge in [0.1, 0.15) is 21.8 Å². The second-order valence-electron chi connectivity index (χ2n) is 7.98. The van der Waals surface area contributed by atoms with E-state index in [1.807, 2.05) is 0 Å². The maximum Gasteiger partial charge on any atom is 0.410 e. The standard InChI is InChI=1S/C21H22F4N6O3S2/c1-4-31-19(26-27-20(31)34-14-7-5-13(22)6-8-14)12(2)29-36(32,33)18-10-9-16(35-18)15-11-17(21(23,24)25)30(3)28-15/h5-10,12,17,29H,4,11H2,1-3H3/t12-,17?/m1/s1. The first-order chi connectivity index (χ1) is 16.9. The van der Waals surface area contributed by atoms with E-state index in [0.717, 1.165) is 16.3 Å². The van der Waals surface area contributed by atoms with Gasteiger partial charge in [-0.05, 0) is 50.2 Å². The van der Waals surface area contributed by atoms with E-state index in [0.29, 0.717) is 17.2 Å². The molecule has 2 atom stereocenters. The summed E-state index contributed by atoms with van der Waals surface area (Å²) in [6.07, 6.45) is -4.81. The van der Waals surface area contributed by atoms with E-state index in [-0.39, 0.29) is 28.2 Å². The third-order valence-corrected chi connectivity index (χ3v) is 8.60. The predicted octanol–water partition coefficient (Wildman–Crippen LogP) is 4.30. The summed E-state index contributed by atoms with van der Waals surface area (Å²) in [4.78, 5) is 0.341. The van der Waals surface area contributed by atoms with Crippen molar-refractivity contribution in [2.45, 2.75) is 49.3 Å². The highest BCUT2D eigenvalue weighted by molar-refractivity contribution is 7.91. The van der Waals surface area contributed by atoms with Crippen LogP contribution in [-0.4, -0.2) is 53.2 Å². The molecule has 0 radical (unpaired) electrons. The minimum Gasteiger partial charge on any atom is -0.424 e. The number of sulfonamides is 1. The Balaban J connectivity index is 1.49. The molecule has 0 amide bonds. The first-order valence-electron chi connectivity index (χ1n) is 10.7. The van der Waals surface area contributed by atoms with Gasteiger partial charge in [-0.15, -0.1) is 16.4 Å². The highest BCUT2D eigenvalue weighted by atomic mass is 32.2. The molecule has 9 nitrogen and oxygen atoms in total. The van der Waals surface area contributed by atoms with Gasteiger partial charge in [-0.25, -0.2) is 12.8 Å². The molecule has 36 heavy (non-hydrogen) atoms. The van der Waals surface area contributed by atoms with Gasteiger partial charge in [0, 0.05) is 20.0 Å². The molecule has 1 N–H and O–H groups in total.